The number of hydrogen-bond acceptors (Lipinski definition) is 4. The SMILES string of the molecule is C[C@@H]1CN(C(=O)c2cccc(S(=O)(=O)Nc3ccccc3Cl)c2)CCN1.Cl. The first-order chi connectivity index (χ1) is 12.4. The van der Waals surface area contributed by atoms with Gasteiger partial charge in [-0.05, 0) is 37.3 Å². The van der Waals surface area contributed by atoms with Crippen LogP contribution in [0.1, 0.15) is 17.3 Å². The summed E-state index contributed by atoms with van der Waals surface area (Å²) < 4.78 is 27.8. The van der Waals surface area contributed by atoms with Crippen LogP contribution in [0.4, 0.5) is 5.69 Å². The fourth-order valence-electron chi connectivity index (χ4n) is 2.84. The molecular weight excluding hydrogens is 409 g/mol. The number of nitrogens with zero attached hydrogens (tertiary/aromatic N) is 1. The molecule has 0 radical (unpaired) electrons. The van der Waals surface area contributed by atoms with E-state index in [-0.39, 0.29) is 29.3 Å². The predicted octanol–water partition coefficient (Wildman–Crippen LogP) is 3.00. The molecule has 1 heterocycles. The van der Waals surface area contributed by atoms with E-state index in [1.54, 1.807) is 41.3 Å². The normalized spacial score (nSPS) is 17.1. The molecule has 0 spiro atoms. The first-order valence-electron chi connectivity index (χ1n) is 8.27. The minimum Gasteiger partial charge on any atom is -0.336 e. The van der Waals surface area contributed by atoms with Crippen LogP contribution in [0.25, 0.3) is 0 Å². The van der Waals surface area contributed by atoms with Crippen molar-refractivity contribution in [1.29, 1.82) is 0 Å². The van der Waals surface area contributed by atoms with E-state index in [4.69, 9.17) is 11.6 Å². The van der Waals surface area contributed by atoms with Crippen LogP contribution in [0.2, 0.25) is 5.02 Å². The first kappa shape index (κ1) is 21.5. The first-order valence-corrected chi connectivity index (χ1v) is 10.1. The second-order valence-electron chi connectivity index (χ2n) is 6.22. The average molecular weight is 430 g/mol. The molecule has 6 nitrogen and oxygen atoms in total. The highest BCUT2D eigenvalue weighted by Crippen LogP contribution is 2.24. The lowest BCUT2D eigenvalue weighted by Crippen LogP contribution is -2.51. The van der Waals surface area contributed by atoms with E-state index in [1.165, 1.54) is 12.1 Å². The molecule has 2 aromatic rings. The number of carbonyl (C=O) groups excluding carboxylic acids is 1. The fraction of sp³-hybridized carbons (Fsp3) is 0.278. The highest BCUT2D eigenvalue weighted by Gasteiger charge is 2.23. The van der Waals surface area contributed by atoms with Crippen LogP contribution in [-0.2, 0) is 10.0 Å². The van der Waals surface area contributed by atoms with E-state index in [1.807, 2.05) is 6.92 Å². The lowest BCUT2D eigenvalue weighted by molar-refractivity contribution is 0.0709. The third-order valence-electron chi connectivity index (χ3n) is 4.17. The van der Waals surface area contributed by atoms with E-state index in [9.17, 15) is 13.2 Å². The van der Waals surface area contributed by atoms with Crippen LogP contribution in [0.3, 0.4) is 0 Å². The number of sulfonamides is 1. The van der Waals surface area contributed by atoms with E-state index < -0.39 is 10.0 Å². The van der Waals surface area contributed by atoms with Gasteiger partial charge in [0.05, 0.1) is 15.6 Å². The van der Waals surface area contributed by atoms with Crippen molar-refractivity contribution in [2.24, 2.45) is 0 Å². The minimum atomic E-state index is -3.85. The summed E-state index contributed by atoms with van der Waals surface area (Å²) >= 11 is 6.02. The van der Waals surface area contributed by atoms with E-state index in [2.05, 4.69) is 10.0 Å². The second-order valence-corrected chi connectivity index (χ2v) is 8.31. The number of para-hydroxylation sites is 1. The van der Waals surface area contributed by atoms with Gasteiger partial charge in [-0.25, -0.2) is 8.42 Å². The van der Waals surface area contributed by atoms with E-state index in [0.29, 0.717) is 29.4 Å². The molecule has 0 aromatic heterocycles. The molecule has 9 heteroatoms. The number of nitrogens with one attached hydrogen (secondary N) is 2. The molecule has 1 fully saturated rings. The van der Waals surface area contributed by atoms with Gasteiger partial charge in [-0.3, -0.25) is 9.52 Å². The van der Waals surface area contributed by atoms with Crippen molar-refractivity contribution in [3.8, 4) is 0 Å². The number of piperazine rings is 1. The highest BCUT2D eigenvalue weighted by molar-refractivity contribution is 7.92. The zero-order chi connectivity index (χ0) is 18.7. The summed E-state index contributed by atoms with van der Waals surface area (Å²) in [6.45, 7) is 3.92. The van der Waals surface area contributed by atoms with Crippen molar-refractivity contribution < 1.29 is 13.2 Å². The van der Waals surface area contributed by atoms with Crippen LogP contribution in [0, 0.1) is 0 Å². The number of carbonyl (C=O) groups is 1. The van der Waals surface area contributed by atoms with Gasteiger partial charge in [0.25, 0.3) is 15.9 Å². The topological polar surface area (TPSA) is 78.5 Å². The van der Waals surface area contributed by atoms with Gasteiger partial charge in [0, 0.05) is 31.2 Å². The van der Waals surface area contributed by atoms with Crippen molar-refractivity contribution >= 4 is 45.6 Å². The van der Waals surface area contributed by atoms with Gasteiger partial charge in [0.15, 0.2) is 0 Å². The van der Waals surface area contributed by atoms with Gasteiger partial charge in [-0.2, -0.15) is 0 Å². The molecule has 0 unspecified atom stereocenters. The molecule has 3 rings (SSSR count). The maximum atomic E-state index is 12.7. The van der Waals surface area contributed by atoms with Gasteiger partial charge >= 0.3 is 0 Å². The number of benzene rings is 2. The molecule has 27 heavy (non-hydrogen) atoms. The molecule has 2 aromatic carbocycles. The van der Waals surface area contributed by atoms with Crippen molar-refractivity contribution in [3.05, 3.63) is 59.1 Å². The third kappa shape index (κ3) is 5.13. The standard InChI is InChI=1S/C18H20ClN3O3S.ClH/c1-13-12-22(10-9-20-13)18(23)14-5-4-6-15(11-14)26(24,25)21-17-8-3-2-7-16(17)19;/h2-8,11,13,20-21H,9-10,12H2,1H3;1H/t13-;/m1./s1. The number of halogens is 2. The van der Waals surface area contributed by atoms with Gasteiger partial charge in [0.2, 0.25) is 0 Å². The maximum absolute atomic E-state index is 12.7. The van der Waals surface area contributed by atoms with Crippen LogP contribution in [0.15, 0.2) is 53.4 Å². The molecular formula is C18H21Cl2N3O3S. The van der Waals surface area contributed by atoms with Crippen molar-refractivity contribution in [2.75, 3.05) is 24.4 Å². The Morgan fingerprint density at radius 2 is 1.96 bits per heavy atom. The Hall–Kier alpha value is -1.80. The van der Waals surface area contributed by atoms with Gasteiger partial charge in [-0.15, -0.1) is 12.4 Å². The van der Waals surface area contributed by atoms with Gasteiger partial charge in [0.1, 0.15) is 0 Å². The quantitative estimate of drug-likeness (QED) is 0.782. The second kappa shape index (κ2) is 8.93. The van der Waals surface area contributed by atoms with Crippen LogP contribution < -0.4 is 10.0 Å². The zero-order valence-electron chi connectivity index (χ0n) is 14.7. The zero-order valence-corrected chi connectivity index (χ0v) is 17.1. The molecule has 1 saturated heterocycles. The molecule has 1 atom stereocenters. The molecule has 2 N–H and O–H groups in total. The summed E-state index contributed by atoms with van der Waals surface area (Å²) in [5, 5.41) is 3.58. The highest BCUT2D eigenvalue weighted by atomic mass is 35.5. The number of anilines is 1. The maximum Gasteiger partial charge on any atom is 0.261 e. The van der Waals surface area contributed by atoms with Crippen LogP contribution >= 0.6 is 24.0 Å². The van der Waals surface area contributed by atoms with E-state index in [0.717, 1.165) is 6.54 Å². The van der Waals surface area contributed by atoms with Crippen LogP contribution in [0.5, 0.6) is 0 Å². The minimum absolute atomic E-state index is 0. The summed E-state index contributed by atoms with van der Waals surface area (Å²) in [4.78, 5) is 14.4. The van der Waals surface area contributed by atoms with Crippen molar-refractivity contribution in [2.45, 2.75) is 17.9 Å². The van der Waals surface area contributed by atoms with Crippen molar-refractivity contribution in [1.82, 2.24) is 10.2 Å². The van der Waals surface area contributed by atoms with Gasteiger partial charge in [-0.1, -0.05) is 29.8 Å². The lowest BCUT2D eigenvalue weighted by atomic mass is 10.1. The Morgan fingerprint density at radius 3 is 2.67 bits per heavy atom. The number of rotatable bonds is 4. The monoisotopic (exact) mass is 429 g/mol. The average Bonchev–Trinajstić information content (AvgIpc) is 2.63. The fourth-order valence-corrected chi connectivity index (χ4v) is 4.21. The number of hydrogen-bond donors (Lipinski definition) is 2. The molecule has 1 aliphatic heterocycles. The van der Waals surface area contributed by atoms with Gasteiger partial charge < -0.3 is 10.2 Å². The lowest BCUT2D eigenvalue weighted by Gasteiger charge is -2.32. The molecule has 0 saturated carbocycles. The summed E-state index contributed by atoms with van der Waals surface area (Å²) in [6.07, 6.45) is 0. The summed E-state index contributed by atoms with van der Waals surface area (Å²) in [6, 6.07) is 12.8. The Bertz CT molecular complexity index is 922. The number of amides is 1. The van der Waals surface area contributed by atoms with Crippen LogP contribution in [-0.4, -0.2) is 44.9 Å². The molecule has 0 bridgehead atoms. The smallest absolute Gasteiger partial charge is 0.261 e. The largest absolute Gasteiger partial charge is 0.336 e. The Kier molecular flexibility index (Phi) is 7.11. The molecule has 1 aliphatic rings. The Labute approximate surface area is 170 Å². The predicted molar refractivity (Wildman–Crippen MR) is 109 cm³/mol. The third-order valence-corrected chi connectivity index (χ3v) is 5.86. The molecule has 0 aliphatic carbocycles. The summed E-state index contributed by atoms with van der Waals surface area (Å²) in [7, 11) is -3.85. The Balaban J connectivity index is 0.00000261. The van der Waals surface area contributed by atoms with Crippen molar-refractivity contribution in [3.63, 3.8) is 0 Å². The molecule has 146 valence electrons. The molecule has 1 amide bonds. The summed E-state index contributed by atoms with van der Waals surface area (Å²) in [5.41, 5.74) is 0.642. The Morgan fingerprint density at radius 1 is 1.22 bits per heavy atom. The summed E-state index contributed by atoms with van der Waals surface area (Å²) in [5.74, 6) is -0.173. The van der Waals surface area contributed by atoms with E-state index >= 15 is 0 Å².